The summed E-state index contributed by atoms with van der Waals surface area (Å²) in [4.78, 5) is 12.1. The summed E-state index contributed by atoms with van der Waals surface area (Å²) in [5.41, 5.74) is 1.67. The molecule has 1 aromatic carbocycles. The van der Waals surface area contributed by atoms with E-state index < -0.39 is 0 Å². The fourth-order valence-electron chi connectivity index (χ4n) is 1.87. The number of nitrogens with one attached hydrogen (secondary N) is 1. The lowest BCUT2D eigenvalue weighted by molar-refractivity contribution is 0.0951. The van der Waals surface area contributed by atoms with Gasteiger partial charge in [0.25, 0.3) is 5.91 Å². The van der Waals surface area contributed by atoms with E-state index in [9.17, 15) is 4.79 Å². The quantitative estimate of drug-likeness (QED) is 0.819. The van der Waals surface area contributed by atoms with Gasteiger partial charge in [0.05, 0.1) is 5.38 Å². The Morgan fingerprint density at radius 2 is 2.00 bits per heavy atom. The Labute approximate surface area is 125 Å². The highest BCUT2D eigenvalue weighted by molar-refractivity contribution is 6.31. The van der Waals surface area contributed by atoms with Crippen molar-refractivity contribution in [2.75, 3.05) is 6.54 Å². The molecule has 0 fully saturated rings. The van der Waals surface area contributed by atoms with Gasteiger partial charge in [0, 0.05) is 17.1 Å². The molecule has 1 N–H and O–H groups in total. The van der Waals surface area contributed by atoms with Crippen LogP contribution in [0, 0.1) is 12.3 Å². The fraction of sp³-hybridized carbons (Fsp3) is 0.533. The van der Waals surface area contributed by atoms with Crippen LogP contribution in [0.1, 0.15) is 43.1 Å². The monoisotopic (exact) mass is 301 g/mol. The zero-order chi connectivity index (χ0) is 14.6. The van der Waals surface area contributed by atoms with Crippen molar-refractivity contribution < 1.29 is 4.79 Å². The number of hydrogen-bond donors (Lipinski definition) is 1. The van der Waals surface area contributed by atoms with E-state index in [-0.39, 0.29) is 16.7 Å². The molecule has 0 aliphatic rings. The first kappa shape index (κ1) is 16.3. The van der Waals surface area contributed by atoms with Crippen LogP contribution in [0.2, 0.25) is 5.02 Å². The van der Waals surface area contributed by atoms with Gasteiger partial charge in [0.1, 0.15) is 0 Å². The standard InChI is InChI=1S/C15H21Cl2NO/c1-10-5-6-11(16)7-13(10)14(19)18-9-12(17)8-15(2,3)4/h5-7,12H,8-9H2,1-4H3,(H,18,19). The van der Waals surface area contributed by atoms with Gasteiger partial charge in [0.15, 0.2) is 0 Å². The summed E-state index contributed by atoms with van der Waals surface area (Å²) in [6.07, 6.45) is 0.851. The van der Waals surface area contributed by atoms with Crippen LogP contribution in [-0.4, -0.2) is 17.8 Å². The number of carbonyl (C=O) groups excluding carboxylic acids is 1. The Kier molecular flexibility index (Phi) is 5.69. The van der Waals surface area contributed by atoms with Gasteiger partial charge in [-0.2, -0.15) is 0 Å². The van der Waals surface area contributed by atoms with Gasteiger partial charge in [-0.25, -0.2) is 0 Å². The molecule has 4 heteroatoms. The molecule has 0 bridgehead atoms. The molecule has 0 saturated carbocycles. The molecular formula is C15H21Cl2NO. The molecule has 0 aromatic heterocycles. The van der Waals surface area contributed by atoms with Crippen LogP contribution in [0.4, 0.5) is 0 Å². The second kappa shape index (κ2) is 6.62. The van der Waals surface area contributed by atoms with E-state index in [4.69, 9.17) is 23.2 Å². The minimum absolute atomic E-state index is 0.0663. The predicted octanol–water partition coefficient (Wildman–Crippen LogP) is 4.42. The van der Waals surface area contributed by atoms with Crippen LogP contribution < -0.4 is 5.32 Å². The Hall–Kier alpha value is -0.730. The summed E-state index contributed by atoms with van der Waals surface area (Å²) in [5.74, 6) is -0.125. The molecule has 0 radical (unpaired) electrons. The van der Waals surface area contributed by atoms with Crippen molar-refractivity contribution in [2.45, 2.75) is 39.5 Å². The number of carbonyl (C=O) groups is 1. The van der Waals surface area contributed by atoms with E-state index in [1.807, 2.05) is 13.0 Å². The van der Waals surface area contributed by atoms with E-state index in [0.717, 1.165) is 12.0 Å². The number of alkyl halides is 1. The molecule has 1 rings (SSSR count). The minimum Gasteiger partial charge on any atom is -0.351 e. The summed E-state index contributed by atoms with van der Waals surface area (Å²) in [5, 5.41) is 3.36. The SMILES string of the molecule is Cc1ccc(Cl)cc1C(=O)NCC(Cl)CC(C)(C)C. The zero-order valence-corrected chi connectivity index (χ0v) is 13.4. The Bertz CT molecular complexity index is 452. The van der Waals surface area contributed by atoms with Crippen LogP contribution in [0.25, 0.3) is 0 Å². The van der Waals surface area contributed by atoms with Crippen molar-refractivity contribution in [1.29, 1.82) is 0 Å². The van der Waals surface area contributed by atoms with Crippen molar-refractivity contribution in [3.05, 3.63) is 34.3 Å². The first-order chi connectivity index (χ1) is 8.69. The van der Waals surface area contributed by atoms with Crippen molar-refractivity contribution in [3.8, 4) is 0 Å². The summed E-state index contributed by atoms with van der Waals surface area (Å²) in [7, 11) is 0. The third kappa shape index (κ3) is 5.84. The average Bonchev–Trinajstić information content (AvgIpc) is 2.27. The maximum absolute atomic E-state index is 12.1. The molecule has 1 aromatic rings. The molecule has 106 valence electrons. The molecule has 0 aliphatic carbocycles. The molecule has 1 amide bonds. The molecule has 0 spiro atoms. The molecule has 1 atom stereocenters. The number of aryl methyl sites for hydroxylation is 1. The second-order valence-corrected chi connectivity index (χ2v) is 7.08. The summed E-state index contributed by atoms with van der Waals surface area (Å²) >= 11 is 12.1. The van der Waals surface area contributed by atoms with Gasteiger partial charge in [-0.05, 0) is 36.5 Å². The van der Waals surface area contributed by atoms with E-state index in [2.05, 4.69) is 26.1 Å². The normalized spacial score (nSPS) is 13.2. The van der Waals surface area contributed by atoms with E-state index in [0.29, 0.717) is 17.1 Å². The van der Waals surface area contributed by atoms with Gasteiger partial charge >= 0.3 is 0 Å². The smallest absolute Gasteiger partial charge is 0.251 e. The zero-order valence-electron chi connectivity index (χ0n) is 11.9. The lowest BCUT2D eigenvalue weighted by atomic mass is 9.90. The lowest BCUT2D eigenvalue weighted by Gasteiger charge is -2.22. The highest BCUT2D eigenvalue weighted by Gasteiger charge is 2.18. The van der Waals surface area contributed by atoms with E-state index >= 15 is 0 Å². The van der Waals surface area contributed by atoms with Crippen molar-refractivity contribution in [1.82, 2.24) is 5.32 Å². The fourth-order valence-corrected chi connectivity index (χ4v) is 2.59. The third-order valence-electron chi connectivity index (χ3n) is 2.76. The first-order valence-electron chi connectivity index (χ1n) is 6.37. The minimum atomic E-state index is -0.125. The van der Waals surface area contributed by atoms with Gasteiger partial charge < -0.3 is 5.32 Å². The number of rotatable bonds is 4. The van der Waals surface area contributed by atoms with Crippen LogP contribution in [0.5, 0.6) is 0 Å². The molecule has 2 nitrogen and oxygen atoms in total. The molecule has 0 heterocycles. The van der Waals surface area contributed by atoms with E-state index in [1.54, 1.807) is 12.1 Å². The number of amides is 1. The number of benzene rings is 1. The maximum Gasteiger partial charge on any atom is 0.251 e. The number of hydrogen-bond acceptors (Lipinski definition) is 1. The molecule has 0 saturated heterocycles. The Morgan fingerprint density at radius 1 is 1.37 bits per heavy atom. The van der Waals surface area contributed by atoms with Crippen LogP contribution in [-0.2, 0) is 0 Å². The van der Waals surface area contributed by atoms with Crippen LogP contribution in [0.15, 0.2) is 18.2 Å². The van der Waals surface area contributed by atoms with E-state index in [1.165, 1.54) is 0 Å². The van der Waals surface area contributed by atoms with Crippen molar-refractivity contribution >= 4 is 29.1 Å². The summed E-state index contributed by atoms with van der Waals surface area (Å²) < 4.78 is 0. The van der Waals surface area contributed by atoms with Gasteiger partial charge in [-0.3, -0.25) is 4.79 Å². The summed E-state index contributed by atoms with van der Waals surface area (Å²) in [6, 6.07) is 5.29. The number of halogens is 2. The van der Waals surface area contributed by atoms with Gasteiger partial charge in [0.2, 0.25) is 0 Å². The lowest BCUT2D eigenvalue weighted by Crippen LogP contribution is -2.32. The average molecular weight is 302 g/mol. The predicted molar refractivity (Wildman–Crippen MR) is 82.2 cm³/mol. The third-order valence-corrected chi connectivity index (χ3v) is 3.31. The molecule has 1 unspecified atom stereocenters. The highest BCUT2D eigenvalue weighted by Crippen LogP contribution is 2.23. The second-order valence-electron chi connectivity index (χ2n) is 6.03. The molecule has 19 heavy (non-hydrogen) atoms. The van der Waals surface area contributed by atoms with Crippen LogP contribution in [0.3, 0.4) is 0 Å². The maximum atomic E-state index is 12.1. The van der Waals surface area contributed by atoms with Crippen molar-refractivity contribution in [3.63, 3.8) is 0 Å². The Morgan fingerprint density at radius 3 is 2.58 bits per heavy atom. The molecular weight excluding hydrogens is 281 g/mol. The summed E-state index contributed by atoms with van der Waals surface area (Å²) in [6.45, 7) is 8.74. The van der Waals surface area contributed by atoms with Crippen molar-refractivity contribution in [2.24, 2.45) is 5.41 Å². The first-order valence-corrected chi connectivity index (χ1v) is 7.19. The highest BCUT2D eigenvalue weighted by atomic mass is 35.5. The largest absolute Gasteiger partial charge is 0.351 e. The van der Waals surface area contributed by atoms with Gasteiger partial charge in [-0.1, -0.05) is 38.4 Å². The topological polar surface area (TPSA) is 29.1 Å². The van der Waals surface area contributed by atoms with Crippen LogP contribution >= 0.6 is 23.2 Å². The van der Waals surface area contributed by atoms with Gasteiger partial charge in [-0.15, -0.1) is 11.6 Å². The Balaban J connectivity index is 2.58. The molecule has 0 aliphatic heterocycles.